The number of hydrogen-bond donors (Lipinski definition) is 0. The van der Waals surface area contributed by atoms with Gasteiger partial charge in [-0.1, -0.05) is 13.1 Å². The van der Waals surface area contributed by atoms with E-state index >= 15 is 0 Å². The molecule has 0 amide bonds. The zero-order valence-electron chi connectivity index (χ0n) is 11.6. The van der Waals surface area contributed by atoms with E-state index in [4.69, 9.17) is 4.43 Å². The molecule has 0 aliphatic rings. The Morgan fingerprint density at radius 3 is 1.79 bits per heavy atom. The molecule has 0 spiro atoms. The predicted octanol–water partition coefficient (Wildman–Crippen LogP) is -2.73. The van der Waals surface area contributed by atoms with Gasteiger partial charge in [-0.3, -0.25) is 0 Å². The molecule has 0 unspecified atom stereocenters. The molecule has 0 N–H and O–H groups in total. The SMILES string of the molecule is CCO[Si](C)(C)[c-]1cccc1.[Cl-].[Cl-].[Zr+4].c1cc[cH-]c1. The van der Waals surface area contributed by atoms with Gasteiger partial charge in [-0.05, 0) is 6.92 Å². The molecular formula is C14H20Cl2OSiZr. The van der Waals surface area contributed by atoms with Crippen molar-refractivity contribution in [3.63, 3.8) is 0 Å². The summed E-state index contributed by atoms with van der Waals surface area (Å²) in [6.07, 6.45) is 0. The van der Waals surface area contributed by atoms with Crippen molar-refractivity contribution in [1.82, 2.24) is 0 Å². The molecule has 1 nitrogen and oxygen atoms in total. The van der Waals surface area contributed by atoms with Crippen molar-refractivity contribution in [3.05, 3.63) is 54.6 Å². The van der Waals surface area contributed by atoms with Crippen LogP contribution in [0.3, 0.4) is 0 Å². The molecule has 0 atom stereocenters. The van der Waals surface area contributed by atoms with Crippen molar-refractivity contribution in [2.75, 3.05) is 6.61 Å². The minimum Gasteiger partial charge on any atom is -1.00 e. The van der Waals surface area contributed by atoms with E-state index in [2.05, 4.69) is 44.3 Å². The van der Waals surface area contributed by atoms with Crippen molar-refractivity contribution >= 4 is 13.5 Å². The summed E-state index contributed by atoms with van der Waals surface area (Å²) in [6, 6.07) is 18.5. The minimum absolute atomic E-state index is 0. The standard InChI is InChI=1S/C9H15OSi.C5H5.2ClH.Zr/c1-4-10-11(2,3)9-7-5-6-8-9;1-2-4-5-3-1;;;/h5-8H,4H2,1-3H3;1-5H;2*1H;/q2*-1;;;+4/p-2. The third kappa shape index (κ3) is 9.81. The van der Waals surface area contributed by atoms with E-state index in [1.54, 1.807) is 0 Å². The largest absolute Gasteiger partial charge is 4.00 e. The van der Waals surface area contributed by atoms with E-state index in [9.17, 15) is 0 Å². The summed E-state index contributed by atoms with van der Waals surface area (Å²) in [5, 5.41) is 1.39. The molecule has 0 radical (unpaired) electrons. The molecule has 0 heterocycles. The average molecular weight is 395 g/mol. The van der Waals surface area contributed by atoms with E-state index < -0.39 is 8.32 Å². The topological polar surface area (TPSA) is 9.23 Å². The van der Waals surface area contributed by atoms with Crippen LogP contribution in [0.1, 0.15) is 6.92 Å². The molecular weight excluding hydrogens is 374 g/mol. The van der Waals surface area contributed by atoms with Gasteiger partial charge in [-0.15, -0.1) is 5.19 Å². The number of halogens is 2. The fourth-order valence-electron chi connectivity index (χ4n) is 1.54. The third-order valence-electron chi connectivity index (χ3n) is 2.42. The Morgan fingerprint density at radius 2 is 1.47 bits per heavy atom. The maximum atomic E-state index is 5.71. The van der Waals surface area contributed by atoms with Crippen LogP contribution in [0.15, 0.2) is 54.6 Å². The summed E-state index contributed by atoms with van der Waals surface area (Å²) < 4.78 is 5.71. The van der Waals surface area contributed by atoms with Gasteiger partial charge in [0, 0.05) is 6.61 Å². The Morgan fingerprint density at radius 1 is 1.00 bits per heavy atom. The zero-order chi connectivity index (χ0) is 11.9. The van der Waals surface area contributed by atoms with Gasteiger partial charge in [-0.2, -0.15) is 30.3 Å². The second-order valence-corrected chi connectivity index (χ2v) is 7.97. The fourth-order valence-corrected chi connectivity index (χ4v) is 3.42. The summed E-state index contributed by atoms with van der Waals surface area (Å²) in [6.45, 7) is 7.33. The third-order valence-corrected chi connectivity index (χ3v) is 5.15. The van der Waals surface area contributed by atoms with Crippen LogP contribution >= 0.6 is 0 Å². The molecule has 0 aliphatic carbocycles. The number of hydrogen-bond acceptors (Lipinski definition) is 1. The predicted molar refractivity (Wildman–Crippen MR) is 72.8 cm³/mol. The molecule has 19 heavy (non-hydrogen) atoms. The van der Waals surface area contributed by atoms with Crippen LogP contribution in [-0.4, -0.2) is 14.9 Å². The molecule has 0 aromatic heterocycles. The Labute approximate surface area is 149 Å². The van der Waals surface area contributed by atoms with Crippen molar-refractivity contribution < 1.29 is 55.4 Å². The van der Waals surface area contributed by atoms with Gasteiger partial charge in [0.2, 0.25) is 0 Å². The van der Waals surface area contributed by atoms with E-state index in [0.717, 1.165) is 6.61 Å². The van der Waals surface area contributed by atoms with Gasteiger partial charge in [0.25, 0.3) is 0 Å². The first-order valence-corrected chi connectivity index (χ1v) is 8.60. The first kappa shape index (κ1) is 24.4. The van der Waals surface area contributed by atoms with E-state index in [-0.39, 0.29) is 51.0 Å². The van der Waals surface area contributed by atoms with E-state index in [1.807, 2.05) is 30.3 Å². The van der Waals surface area contributed by atoms with Crippen molar-refractivity contribution in [2.45, 2.75) is 20.0 Å². The second kappa shape index (κ2) is 13.3. The Hall–Kier alpha value is 0.340. The molecule has 104 valence electrons. The first-order valence-electron chi connectivity index (χ1n) is 5.69. The average Bonchev–Trinajstić information content (AvgIpc) is 2.95. The summed E-state index contributed by atoms with van der Waals surface area (Å²) in [7, 11) is -1.53. The molecule has 0 fully saturated rings. The van der Waals surface area contributed by atoms with Crippen LogP contribution < -0.4 is 30.0 Å². The van der Waals surface area contributed by atoms with Crippen molar-refractivity contribution in [2.24, 2.45) is 0 Å². The smallest absolute Gasteiger partial charge is 1.00 e. The van der Waals surface area contributed by atoms with Gasteiger partial charge < -0.3 is 29.2 Å². The van der Waals surface area contributed by atoms with Gasteiger partial charge >= 0.3 is 26.2 Å². The zero-order valence-corrected chi connectivity index (χ0v) is 16.5. The Balaban J connectivity index is -0.000000277. The molecule has 5 heteroatoms. The van der Waals surface area contributed by atoms with Crippen LogP contribution in [0.5, 0.6) is 0 Å². The Kier molecular flexibility index (Phi) is 17.1. The molecule has 0 bridgehead atoms. The second-order valence-electron chi connectivity index (χ2n) is 4.08. The van der Waals surface area contributed by atoms with Gasteiger partial charge in [-0.25, -0.2) is 24.3 Å². The molecule has 2 aromatic rings. The normalized spacial score (nSPS) is 9.00. The van der Waals surface area contributed by atoms with Crippen molar-refractivity contribution in [3.8, 4) is 0 Å². The fraction of sp³-hybridized carbons (Fsp3) is 0.286. The summed E-state index contributed by atoms with van der Waals surface area (Å²) in [5.74, 6) is 0. The van der Waals surface area contributed by atoms with Crippen LogP contribution in [0.25, 0.3) is 0 Å². The maximum Gasteiger partial charge on any atom is 4.00 e. The summed E-state index contributed by atoms with van der Waals surface area (Å²) in [5.41, 5.74) is 0. The van der Waals surface area contributed by atoms with Gasteiger partial charge in [0.1, 0.15) is 0 Å². The first-order chi connectivity index (χ1) is 7.67. The molecule has 2 rings (SSSR count). The van der Waals surface area contributed by atoms with Crippen LogP contribution in [0.4, 0.5) is 0 Å². The van der Waals surface area contributed by atoms with Crippen LogP contribution in [0.2, 0.25) is 13.1 Å². The molecule has 0 aliphatic heterocycles. The van der Waals surface area contributed by atoms with Gasteiger partial charge in [0.15, 0.2) is 8.32 Å². The van der Waals surface area contributed by atoms with Gasteiger partial charge in [0.05, 0.1) is 0 Å². The van der Waals surface area contributed by atoms with Crippen molar-refractivity contribution in [1.29, 1.82) is 0 Å². The monoisotopic (exact) mass is 392 g/mol. The quantitative estimate of drug-likeness (QED) is 0.406. The molecule has 0 saturated heterocycles. The Bertz CT molecular complexity index is 343. The van der Waals surface area contributed by atoms with E-state index in [1.165, 1.54) is 5.19 Å². The van der Waals surface area contributed by atoms with Crippen LogP contribution in [0, 0.1) is 0 Å². The summed E-state index contributed by atoms with van der Waals surface area (Å²) >= 11 is 0. The summed E-state index contributed by atoms with van der Waals surface area (Å²) in [4.78, 5) is 0. The van der Waals surface area contributed by atoms with E-state index in [0.29, 0.717) is 0 Å². The number of rotatable bonds is 3. The van der Waals surface area contributed by atoms with Crippen LogP contribution in [-0.2, 0) is 30.6 Å². The maximum absolute atomic E-state index is 5.71. The minimum atomic E-state index is -1.53. The molecule has 2 aromatic carbocycles. The molecule has 0 saturated carbocycles.